The standard InChI is InChI=1S/C9H14F3NO5S/c1-6(8(15)18-2)3-19(16,17)4-7(14)13-5-9(10,11)12/h6H,3-5H2,1-2H3,(H,13,14). The van der Waals surface area contributed by atoms with Crippen LogP contribution >= 0.6 is 0 Å². The van der Waals surface area contributed by atoms with Crippen molar-refractivity contribution in [3.63, 3.8) is 0 Å². The quantitative estimate of drug-likeness (QED) is 0.692. The zero-order chi connectivity index (χ0) is 15.3. The molecule has 0 aromatic carbocycles. The van der Waals surface area contributed by atoms with Crippen LogP contribution in [0.1, 0.15) is 6.92 Å². The van der Waals surface area contributed by atoms with Gasteiger partial charge in [-0.1, -0.05) is 6.92 Å². The molecule has 0 heterocycles. The van der Waals surface area contributed by atoms with Crippen LogP contribution in [0.5, 0.6) is 0 Å². The number of hydrogen-bond acceptors (Lipinski definition) is 5. The number of halogens is 3. The summed E-state index contributed by atoms with van der Waals surface area (Å²) in [6, 6.07) is 0. The zero-order valence-electron chi connectivity index (χ0n) is 10.3. The largest absolute Gasteiger partial charge is 0.469 e. The highest BCUT2D eigenvalue weighted by Crippen LogP contribution is 2.12. The van der Waals surface area contributed by atoms with E-state index in [1.165, 1.54) is 12.2 Å². The lowest BCUT2D eigenvalue weighted by Gasteiger charge is -2.11. The van der Waals surface area contributed by atoms with Gasteiger partial charge in [-0.2, -0.15) is 13.2 Å². The van der Waals surface area contributed by atoms with Crippen LogP contribution in [0, 0.1) is 5.92 Å². The predicted molar refractivity (Wildman–Crippen MR) is 58.9 cm³/mol. The molecule has 0 saturated heterocycles. The highest BCUT2D eigenvalue weighted by Gasteiger charge is 2.29. The van der Waals surface area contributed by atoms with Crippen molar-refractivity contribution >= 4 is 21.7 Å². The molecular weight excluding hydrogens is 291 g/mol. The Morgan fingerprint density at radius 3 is 2.26 bits per heavy atom. The van der Waals surface area contributed by atoms with E-state index in [4.69, 9.17) is 0 Å². The van der Waals surface area contributed by atoms with Gasteiger partial charge in [0.05, 0.1) is 18.8 Å². The topological polar surface area (TPSA) is 89.5 Å². The van der Waals surface area contributed by atoms with E-state index in [9.17, 15) is 31.2 Å². The third-order valence-corrected chi connectivity index (χ3v) is 3.65. The van der Waals surface area contributed by atoms with Crippen LogP contribution in [0.25, 0.3) is 0 Å². The van der Waals surface area contributed by atoms with Crippen molar-refractivity contribution in [2.24, 2.45) is 5.92 Å². The summed E-state index contributed by atoms with van der Waals surface area (Å²) in [5, 5.41) is 1.44. The molecule has 10 heteroatoms. The maximum absolute atomic E-state index is 11.8. The number of carbonyl (C=O) groups is 2. The Hall–Kier alpha value is -1.32. The Balaban J connectivity index is 4.38. The average Bonchev–Trinajstić information content (AvgIpc) is 2.22. The molecule has 0 fully saturated rings. The fraction of sp³-hybridized carbons (Fsp3) is 0.778. The summed E-state index contributed by atoms with van der Waals surface area (Å²) in [6.07, 6.45) is -4.61. The van der Waals surface area contributed by atoms with Gasteiger partial charge in [0.2, 0.25) is 5.91 Å². The lowest BCUT2D eigenvalue weighted by atomic mass is 10.2. The average molecular weight is 305 g/mol. The number of sulfone groups is 1. The smallest absolute Gasteiger partial charge is 0.405 e. The van der Waals surface area contributed by atoms with Gasteiger partial charge in [-0.05, 0) is 0 Å². The Morgan fingerprint density at radius 1 is 1.32 bits per heavy atom. The van der Waals surface area contributed by atoms with Crippen LogP contribution in [-0.2, 0) is 24.2 Å². The number of methoxy groups -OCH3 is 1. The van der Waals surface area contributed by atoms with Crippen molar-refractivity contribution in [3.05, 3.63) is 0 Å². The highest BCUT2D eigenvalue weighted by molar-refractivity contribution is 7.92. The van der Waals surface area contributed by atoms with Crippen molar-refractivity contribution in [2.75, 3.05) is 25.2 Å². The van der Waals surface area contributed by atoms with Crippen molar-refractivity contribution in [1.82, 2.24) is 5.32 Å². The van der Waals surface area contributed by atoms with E-state index in [1.54, 1.807) is 0 Å². The molecule has 0 radical (unpaired) electrons. The van der Waals surface area contributed by atoms with E-state index in [1.807, 2.05) is 0 Å². The first-order valence-electron chi connectivity index (χ1n) is 5.08. The maximum Gasteiger partial charge on any atom is 0.405 e. The van der Waals surface area contributed by atoms with Crippen molar-refractivity contribution in [2.45, 2.75) is 13.1 Å². The number of ether oxygens (including phenoxy) is 1. The van der Waals surface area contributed by atoms with Crippen LogP contribution in [0.2, 0.25) is 0 Å². The SMILES string of the molecule is COC(=O)C(C)CS(=O)(=O)CC(=O)NCC(F)(F)F. The van der Waals surface area contributed by atoms with Crippen molar-refractivity contribution < 1.29 is 35.9 Å². The summed E-state index contributed by atoms with van der Waals surface area (Å²) in [4.78, 5) is 22.0. The molecule has 0 aliphatic carbocycles. The Bertz CT molecular complexity index is 432. The summed E-state index contributed by atoms with van der Waals surface area (Å²) in [7, 11) is -2.91. The van der Waals surface area contributed by atoms with Crippen LogP contribution in [-0.4, -0.2) is 51.6 Å². The number of hydrogen-bond donors (Lipinski definition) is 1. The minimum Gasteiger partial charge on any atom is -0.469 e. The van der Waals surface area contributed by atoms with E-state index in [0.717, 1.165) is 7.11 Å². The second-order valence-electron chi connectivity index (χ2n) is 3.87. The summed E-state index contributed by atoms with van der Waals surface area (Å²) in [6.45, 7) is -0.328. The maximum atomic E-state index is 11.8. The molecule has 0 aliphatic rings. The summed E-state index contributed by atoms with van der Waals surface area (Å²) >= 11 is 0. The predicted octanol–water partition coefficient (Wildman–Crippen LogP) is -0.111. The molecule has 0 spiro atoms. The van der Waals surface area contributed by atoms with Gasteiger partial charge in [-0.15, -0.1) is 0 Å². The minimum atomic E-state index is -4.61. The van der Waals surface area contributed by atoms with E-state index >= 15 is 0 Å². The highest BCUT2D eigenvalue weighted by atomic mass is 32.2. The second kappa shape index (κ2) is 6.73. The van der Waals surface area contributed by atoms with Crippen LogP contribution < -0.4 is 5.32 Å². The first-order valence-corrected chi connectivity index (χ1v) is 6.90. The first kappa shape index (κ1) is 17.7. The van der Waals surface area contributed by atoms with Gasteiger partial charge in [-0.3, -0.25) is 9.59 Å². The van der Waals surface area contributed by atoms with E-state index < -0.39 is 51.9 Å². The molecule has 1 N–H and O–H groups in total. The molecule has 1 amide bonds. The van der Waals surface area contributed by atoms with E-state index in [2.05, 4.69) is 4.74 Å². The molecule has 0 bridgehead atoms. The second-order valence-corrected chi connectivity index (χ2v) is 5.98. The van der Waals surface area contributed by atoms with Gasteiger partial charge in [0, 0.05) is 0 Å². The molecule has 6 nitrogen and oxygen atoms in total. The van der Waals surface area contributed by atoms with Gasteiger partial charge in [0.25, 0.3) is 0 Å². The molecular formula is C9H14F3NO5S. The fourth-order valence-corrected chi connectivity index (χ4v) is 2.68. The Labute approximate surface area is 108 Å². The Morgan fingerprint density at radius 2 is 1.84 bits per heavy atom. The molecule has 19 heavy (non-hydrogen) atoms. The molecule has 0 rings (SSSR count). The summed E-state index contributed by atoms with van der Waals surface area (Å²) in [5.41, 5.74) is 0. The lowest BCUT2D eigenvalue weighted by molar-refractivity contribution is -0.144. The van der Waals surface area contributed by atoms with E-state index in [0.29, 0.717) is 0 Å². The summed E-state index contributed by atoms with van der Waals surface area (Å²) in [5.74, 6) is -4.82. The summed E-state index contributed by atoms with van der Waals surface area (Å²) < 4.78 is 62.6. The molecule has 112 valence electrons. The fourth-order valence-electron chi connectivity index (χ4n) is 1.16. The molecule has 0 aliphatic heterocycles. The van der Waals surface area contributed by atoms with E-state index in [-0.39, 0.29) is 0 Å². The molecule has 1 atom stereocenters. The minimum absolute atomic E-state index is 0.668. The number of esters is 1. The number of alkyl halides is 3. The van der Waals surface area contributed by atoms with Gasteiger partial charge in [0.1, 0.15) is 12.3 Å². The number of nitrogens with one attached hydrogen (secondary N) is 1. The van der Waals surface area contributed by atoms with Crippen molar-refractivity contribution in [1.29, 1.82) is 0 Å². The number of rotatable bonds is 6. The third-order valence-electron chi connectivity index (χ3n) is 1.94. The van der Waals surface area contributed by atoms with Crippen LogP contribution in [0.4, 0.5) is 13.2 Å². The van der Waals surface area contributed by atoms with Gasteiger partial charge < -0.3 is 10.1 Å². The van der Waals surface area contributed by atoms with Crippen LogP contribution in [0.15, 0.2) is 0 Å². The van der Waals surface area contributed by atoms with Gasteiger partial charge in [-0.25, -0.2) is 8.42 Å². The first-order chi connectivity index (χ1) is 8.47. The normalized spacial score (nSPS) is 13.7. The van der Waals surface area contributed by atoms with Gasteiger partial charge in [0.15, 0.2) is 9.84 Å². The third kappa shape index (κ3) is 8.41. The molecule has 0 aromatic heterocycles. The molecule has 0 aromatic rings. The monoisotopic (exact) mass is 305 g/mol. The van der Waals surface area contributed by atoms with Crippen LogP contribution in [0.3, 0.4) is 0 Å². The lowest BCUT2D eigenvalue weighted by Crippen LogP contribution is -2.38. The molecule has 1 unspecified atom stereocenters. The zero-order valence-corrected chi connectivity index (χ0v) is 11.1. The Kier molecular flexibility index (Phi) is 6.27. The van der Waals surface area contributed by atoms with Crippen molar-refractivity contribution in [3.8, 4) is 0 Å². The number of carbonyl (C=O) groups excluding carboxylic acids is 2. The van der Waals surface area contributed by atoms with Gasteiger partial charge >= 0.3 is 12.1 Å². The number of amides is 1. The molecule has 0 saturated carbocycles.